The number of ether oxygens (including phenoxy) is 1. The van der Waals surface area contributed by atoms with Crippen LogP contribution in [-0.2, 0) is 12.8 Å². The van der Waals surface area contributed by atoms with Gasteiger partial charge in [-0.15, -0.1) is 0 Å². The van der Waals surface area contributed by atoms with Crippen molar-refractivity contribution in [2.45, 2.75) is 32.8 Å². The molecule has 1 N–H and O–H groups in total. The van der Waals surface area contributed by atoms with Gasteiger partial charge >= 0.3 is 0 Å². The van der Waals surface area contributed by atoms with Crippen LogP contribution in [0.3, 0.4) is 0 Å². The molecule has 1 atom stereocenters. The number of aliphatic hydroxyl groups excluding tert-OH is 1. The molecule has 35 heavy (non-hydrogen) atoms. The van der Waals surface area contributed by atoms with Crippen molar-refractivity contribution in [1.82, 2.24) is 0 Å². The fraction of sp³-hybridized carbons (Fsp3) is 0.200. The summed E-state index contributed by atoms with van der Waals surface area (Å²) < 4.78 is 49.5. The van der Waals surface area contributed by atoms with Crippen LogP contribution in [0, 0.1) is 17.5 Å². The van der Waals surface area contributed by atoms with Crippen molar-refractivity contribution >= 4 is 0 Å². The molecule has 0 aliphatic carbocycles. The van der Waals surface area contributed by atoms with Gasteiger partial charge in [-0.2, -0.15) is 0 Å². The molecule has 0 fully saturated rings. The molecule has 0 saturated heterocycles. The van der Waals surface area contributed by atoms with Crippen LogP contribution in [0.4, 0.5) is 13.2 Å². The van der Waals surface area contributed by atoms with Gasteiger partial charge in [-0.05, 0) is 60.6 Å². The molecule has 0 aromatic heterocycles. The lowest BCUT2D eigenvalue weighted by molar-refractivity contribution is 0.199. The Labute approximate surface area is 203 Å². The molecular weight excluding hydrogens is 449 g/mol. The molecular formula is C30H27F3O2. The first-order chi connectivity index (χ1) is 16.9. The first-order valence-corrected chi connectivity index (χ1v) is 11.6. The fourth-order valence-corrected chi connectivity index (χ4v) is 4.05. The average molecular weight is 477 g/mol. The zero-order valence-corrected chi connectivity index (χ0v) is 19.7. The number of hydrogen-bond donors (Lipinski definition) is 1. The molecule has 2 nitrogen and oxygen atoms in total. The van der Waals surface area contributed by atoms with Gasteiger partial charge in [0.25, 0.3) is 0 Å². The highest BCUT2D eigenvalue weighted by Crippen LogP contribution is 2.32. The van der Waals surface area contributed by atoms with Crippen LogP contribution in [-0.4, -0.2) is 11.7 Å². The lowest BCUT2D eigenvalue weighted by Gasteiger charge is -2.11. The van der Waals surface area contributed by atoms with Crippen LogP contribution in [0.5, 0.6) is 5.75 Å². The second kappa shape index (κ2) is 10.8. The predicted molar refractivity (Wildman–Crippen MR) is 133 cm³/mol. The fourth-order valence-electron chi connectivity index (χ4n) is 4.05. The van der Waals surface area contributed by atoms with Crippen molar-refractivity contribution in [3.8, 4) is 28.0 Å². The minimum absolute atomic E-state index is 0.164. The number of aliphatic hydroxyl groups is 1. The molecule has 0 spiro atoms. The van der Waals surface area contributed by atoms with Crippen molar-refractivity contribution in [1.29, 1.82) is 0 Å². The smallest absolute Gasteiger partial charge is 0.167 e. The summed E-state index contributed by atoms with van der Waals surface area (Å²) in [6.07, 6.45) is 0.503. The van der Waals surface area contributed by atoms with Gasteiger partial charge in [-0.3, -0.25) is 0 Å². The molecule has 5 heteroatoms. The summed E-state index contributed by atoms with van der Waals surface area (Å²) >= 11 is 0. The Kier molecular flexibility index (Phi) is 7.57. The molecule has 0 amide bonds. The minimum Gasteiger partial charge on any atom is -0.494 e. The number of aryl methyl sites for hydroxylation is 2. The van der Waals surface area contributed by atoms with E-state index in [0.29, 0.717) is 47.5 Å². The van der Waals surface area contributed by atoms with Gasteiger partial charge in [-0.25, -0.2) is 13.2 Å². The maximum atomic E-state index is 15.0. The standard InChI is InChI=1S/C30H27F3O2/c1-3-35-25-15-14-24(28(31)18-25)9-6-20-4-7-22(8-5-20)26-16-17-27(30(33)29(26)32)23-12-10-21(11-13-23)19(2)34/h4-5,7-8,10-19,34H,3,6,9H2,1-2H3. The van der Waals surface area contributed by atoms with E-state index < -0.39 is 17.7 Å². The van der Waals surface area contributed by atoms with Crippen LogP contribution in [0.15, 0.2) is 78.9 Å². The van der Waals surface area contributed by atoms with E-state index in [1.165, 1.54) is 6.07 Å². The molecule has 4 aromatic rings. The van der Waals surface area contributed by atoms with Gasteiger partial charge in [-0.1, -0.05) is 66.7 Å². The highest BCUT2D eigenvalue weighted by Gasteiger charge is 2.16. The summed E-state index contributed by atoms with van der Waals surface area (Å²) in [5.74, 6) is -1.62. The zero-order valence-electron chi connectivity index (χ0n) is 19.7. The minimum atomic E-state index is -0.914. The van der Waals surface area contributed by atoms with Crippen molar-refractivity contribution in [3.63, 3.8) is 0 Å². The Bertz CT molecular complexity index is 1300. The van der Waals surface area contributed by atoms with Crippen molar-refractivity contribution < 1.29 is 23.0 Å². The summed E-state index contributed by atoms with van der Waals surface area (Å²) in [6.45, 7) is 3.98. The molecule has 0 aliphatic rings. The van der Waals surface area contributed by atoms with E-state index in [1.54, 1.807) is 67.6 Å². The molecule has 180 valence electrons. The Balaban J connectivity index is 1.48. The second-order valence-corrected chi connectivity index (χ2v) is 8.47. The Morgan fingerprint density at radius 3 is 1.83 bits per heavy atom. The number of rotatable bonds is 8. The van der Waals surface area contributed by atoms with E-state index in [-0.39, 0.29) is 16.9 Å². The maximum Gasteiger partial charge on any atom is 0.167 e. The Hall–Kier alpha value is -3.57. The molecule has 4 rings (SSSR count). The predicted octanol–water partition coefficient (Wildman–Crippen LogP) is 7.68. The second-order valence-electron chi connectivity index (χ2n) is 8.47. The number of hydrogen-bond acceptors (Lipinski definition) is 2. The molecule has 0 aliphatic heterocycles. The average Bonchev–Trinajstić information content (AvgIpc) is 2.86. The molecule has 1 unspecified atom stereocenters. The summed E-state index contributed by atoms with van der Waals surface area (Å²) in [5, 5.41) is 9.64. The number of benzene rings is 4. The van der Waals surface area contributed by atoms with E-state index in [0.717, 1.165) is 5.56 Å². The molecule has 0 heterocycles. The van der Waals surface area contributed by atoms with Crippen molar-refractivity contribution in [2.24, 2.45) is 0 Å². The third-order valence-electron chi connectivity index (χ3n) is 6.07. The molecule has 4 aromatic carbocycles. The highest BCUT2D eigenvalue weighted by molar-refractivity contribution is 5.72. The van der Waals surface area contributed by atoms with E-state index in [9.17, 15) is 18.3 Å². The van der Waals surface area contributed by atoms with Crippen LogP contribution >= 0.6 is 0 Å². The monoisotopic (exact) mass is 476 g/mol. The first-order valence-electron chi connectivity index (χ1n) is 11.6. The highest BCUT2D eigenvalue weighted by atomic mass is 19.2. The van der Waals surface area contributed by atoms with E-state index in [1.807, 2.05) is 19.1 Å². The van der Waals surface area contributed by atoms with Gasteiger partial charge in [0, 0.05) is 17.2 Å². The lowest BCUT2D eigenvalue weighted by atomic mass is 9.96. The van der Waals surface area contributed by atoms with Crippen molar-refractivity contribution in [3.05, 3.63) is 113 Å². The largest absolute Gasteiger partial charge is 0.494 e. The van der Waals surface area contributed by atoms with Crippen LogP contribution < -0.4 is 4.74 Å². The maximum absolute atomic E-state index is 15.0. The summed E-state index contributed by atoms with van der Waals surface area (Å²) in [5.41, 5.74) is 3.72. The molecule has 0 bridgehead atoms. The van der Waals surface area contributed by atoms with E-state index in [2.05, 4.69) is 0 Å². The van der Waals surface area contributed by atoms with Crippen LogP contribution in [0.2, 0.25) is 0 Å². The van der Waals surface area contributed by atoms with Gasteiger partial charge in [0.15, 0.2) is 11.6 Å². The molecule has 0 saturated carbocycles. The summed E-state index contributed by atoms with van der Waals surface area (Å²) in [6, 6.07) is 21.9. The Morgan fingerprint density at radius 1 is 0.743 bits per heavy atom. The SMILES string of the molecule is CCOc1ccc(CCc2ccc(-c3ccc(-c4ccc(C(C)O)cc4)c(F)c3F)cc2)c(F)c1. The number of halogens is 3. The van der Waals surface area contributed by atoms with Gasteiger partial charge in [0.1, 0.15) is 11.6 Å². The van der Waals surface area contributed by atoms with E-state index in [4.69, 9.17) is 4.74 Å². The zero-order chi connectivity index (χ0) is 24.9. The summed E-state index contributed by atoms with van der Waals surface area (Å²) in [4.78, 5) is 0. The topological polar surface area (TPSA) is 29.5 Å². The van der Waals surface area contributed by atoms with Gasteiger partial charge in [0.2, 0.25) is 0 Å². The third kappa shape index (κ3) is 5.57. The van der Waals surface area contributed by atoms with E-state index >= 15 is 0 Å². The van der Waals surface area contributed by atoms with Crippen LogP contribution in [0.1, 0.15) is 36.6 Å². The molecule has 0 radical (unpaired) electrons. The lowest BCUT2D eigenvalue weighted by Crippen LogP contribution is -1.98. The van der Waals surface area contributed by atoms with Gasteiger partial charge in [0.05, 0.1) is 12.7 Å². The first kappa shape index (κ1) is 24.6. The normalized spacial score (nSPS) is 11.9. The third-order valence-corrected chi connectivity index (χ3v) is 6.07. The van der Waals surface area contributed by atoms with Crippen LogP contribution in [0.25, 0.3) is 22.3 Å². The summed E-state index contributed by atoms with van der Waals surface area (Å²) in [7, 11) is 0. The van der Waals surface area contributed by atoms with Crippen molar-refractivity contribution in [2.75, 3.05) is 6.61 Å². The quantitative estimate of drug-likeness (QED) is 0.283. The van der Waals surface area contributed by atoms with Gasteiger partial charge < -0.3 is 9.84 Å². The Morgan fingerprint density at radius 2 is 1.31 bits per heavy atom.